The number of Topliss-reactive ketones (excluding diaryl/α,β-unsaturated/α-hetero) is 1. The molecule has 0 aromatic rings. The van der Waals surface area contributed by atoms with Gasteiger partial charge in [0.1, 0.15) is 5.60 Å². The van der Waals surface area contributed by atoms with Crippen LogP contribution in [0.25, 0.3) is 0 Å². The quantitative estimate of drug-likeness (QED) is 0.545. The molecular weight excluding hydrogens is 152 g/mol. The summed E-state index contributed by atoms with van der Waals surface area (Å²) >= 11 is 0. The van der Waals surface area contributed by atoms with Gasteiger partial charge in [-0.25, -0.2) is 0 Å². The van der Waals surface area contributed by atoms with E-state index in [9.17, 15) is 4.79 Å². The van der Waals surface area contributed by atoms with Crippen molar-refractivity contribution in [3.8, 4) is 0 Å². The molecule has 12 heavy (non-hydrogen) atoms. The first-order valence-corrected chi connectivity index (χ1v) is 5.00. The van der Waals surface area contributed by atoms with E-state index in [4.69, 9.17) is 4.74 Å². The smallest absolute Gasteiger partial charge is 0.164 e. The lowest BCUT2D eigenvalue weighted by Crippen LogP contribution is -2.65. The van der Waals surface area contributed by atoms with Gasteiger partial charge in [-0.3, -0.25) is 4.79 Å². The van der Waals surface area contributed by atoms with Crippen LogP contribution in [0.4, 0.5) is 0 Å². The van der Waals surface area contributed by atoms with E-state index in [2.05, 4.69) is 0 Å². The molecule has 0 N–H and O–H groups in total. The van der Waals surface area contributed by atoms with Gasteiger partial charge in [0.05, 0.1) is 0 Å². The molecule has 0 spiro atoms. The standard InChI is InChI=1S/C10H14O2/c11-9-3-1-2-8-7-4-5-12-10(8,9)6-7/h7-8H,1-6H2/t7-,8+,10+/m0/s1. The topological polar surface area (TPSA) is 26.3 Å². The van der Waals surface area contributed by atoms with Gasteiger partial charge >= 0.3 is 0 Å². The predicted octanol–water partition coefficient (Wildman–Crippen LogP) is 1.53. The first kappa shape index (κ1) is 7.07. The van der Waals surface area contributed by atoms with Crippen molar-refractivity contribution < 1.29 is 9.53 Å². The molecule has 3 rings (SSSR count). The van der Waals surface area contributed by atoms with Crippen LogP contribution in [0.3, 0.4) is 0 Å². The van der Waals surface area contributed by atoms with E-state index >= 15 is 0 Å². The first-order valence-electron chi connectivity index (χ1n) is 5.00. The SMILES string of the molecule is O=C1CCC[C@@H]2[C@H]3CCO[C@@]12C3. The molecule has 0 aromatic heterocycles. The third kappa shape index (κ3) is 0.634. The normalized spacial score (nSPS) is 51.2. The van der Waals surface area contributed by atoms with Gasteiger partial charge < -0.3 is 4.74 Å². The Morgan fingerprint density at radius 1 is 1.42 bits per heavy atom. The molecule has 1 aliphatic heterocycles. The van der Waals surface area contributed by atoms with Gasteiger partial charge in [0.15, 0.2) is 5.78 Å². The van der Waals surface area contributed by atoms with Crippen molar-refractivity contribution in [2.75, 3.05) is 6.61 Å². The number of ether oxygens (including phenoxy) is 1. The molecule has 0 unspecified atom stereocenters. The minimum atomic E-state index is -0.263. The zero-order valence-electron chi connectivity index (χ0n) is 7.21. The zero-order valence-corrected chi connectivity index (χ0v) is 7.21. The van der Waals surface area contributed by atoms with Crippen molar-refractivity contribution in [1.82, 2.24) is 0 Å². The van der Waals surface area contributed by atoms with Crippen LogP contribution < -0.4 is 0 Å². The van der Waals surface area contributed by atoms with E-state index in [1.807, 2.05) is 0 Å². The molecule has 3 fully saturated rings. The fourth-order valence-corrected chi connectivity index (χ4v) is 3.33. The Morgan fingerprint density at radius 3 is 3.08 bits per heavy atom. The first-order chi connectivity index (χ1) is 5.83. The Bertz CT molecular complexity index is 232. The molecule has 2 aliphatic carbocycles. The Labute approximate surface area is 72.3 Å². The highest BCUT2D eigenvalue weighted by atomic mass is 16.5. The van der Waals surface area contributed by atoms with Crippen LogP contribution in [0.5, 0.6) is 0 Å². The second kappa shape index (κ2) is 2.11. The number of hydrogen-bond acceptors (Lipinski definition) is 2. The third-order valence-electron chi connectivity index (χ3n) is 3.97. The Kier molecular flexibility index (Phi) is 1.24. The fraction of sp³-hybridized carbons (Fsp3) is 0.900. The van der Waals surface area contributed by atoms with Crippen molar-refractivity contribution in [3.63, 3.8) is 0 Å². The average molecular weight is 166 g/mol. The van der Waals surface area contributed by atoms with E-state index in [-0.39, 0.29) is 5.60 Å². The molecule has 1 saturated heterocycles. The number of ketones is 1. The third-order valence-corrected chi connectivity index (χ3v) is 3.97. The molecule has 0 amide bonds. The maximum atomic E-state index is 11.7. The van der Waals surface area contributed by atoms with Crippen molar-refractivity contribution in [2.45, 2.75) is 37.7 Å². The largest absolute Gasteiger partial charge is 0.367 e. The lowest BCUT2D eigenvalue weighted by Gasteiger charge is -2.59. The van der Waals surface area contributed by atoms with Crippen molar-refractivity contribution in [3.05, 3.63) is 0 Å². The summed E-state index contributed by atoms with van der Waals surface area (Å²) in [5.41, 5.74) is -0.263. The van der Waals surface area contributed by atoms with Crippen LogP contribution in [0, 0.1) is 11.8 Å². The van der Waals surface area contributed by atoms with Crippen LogP contribution in [-0.2, 0) is 9.53 Å². The van der Waals surface area contributed by atoms with E-state index in [0.717, 1.165) is 31.8 Å². The van der Waals surface area contributed by atoms with Crippen molar-refractivity contribution in [1.29, 1.82) is 0 Å². The highest BCUT2D eigenvalue weighted by molar-refractivity contribution is 5.90. The minimum absolute atomic E-state index is 0.263. The van der Waals surface area contributed by atoms with Crippen LogP contribution in [-0.4, -0.2) is 18.0 Å². The average Bonchev–Trinajstić information content (AvgIpc) is 2.10. The lowest BCUT2D eigenvalue weighted by atomic mass is 9.52. The van der Waals surface area contributed by atoms with Gasteiger partial charge in [0.25, 0.3) is 0 Å². The second-order valence-corrected chi connectivity index (χ2v) is 4.41. The zero-order chi connectivity index (χ0) is 8.18. The minimum Gasteiger partial charge on any atom is -0.367 e. The molecule has 0 radical (unpaired) electrons. The predicted molar refractivity (Wildman–Crippen MR) is 43.8 cm³/mol. The molecule has 2 saturated carbocycles. The Balaban J connectivity index is 1.94. The summed E-state index contributed by atoms with van der Waals surface area (Å²) in [5.74, 6) is 1.82. The molecule has 2 bridgehead atoms. The lowest BCUT2D eigenvalue weighted by molar-refractivity contribution is -0.230. The molecule has 3 atom stereocenters. The fourth-order valence-electron chi connectivity index (χ4n) is 3.33. The maximum Gasteiger partial charge on any atom is 0.164 e. The highest BCUT2D eigenvalue weighted by Crippen LogP contribution is 2.57. The number of hydrogen-bond donors (Lipinski definition) is 0. The van der Waals surface area contributed by atoms with Gasteiger partial charge in [0.2, 0.25) is 0 Å². The number of carbonyl (C=O) groups excluding carboxylic acids is 1. The van der Waals surface area contributed by atoms with Gasteiger partial charge in [-0.1, -0.05) is 0 Å². The second-order valence-electron chi connectivity index (χ2n) is 4.41. The summed E-state index contributed by atoms with van der Waals surface area (Å²) in [7, 11) is 0. The van der Waals surface area contributed by atoms with Gasteiger partial charge in [0, 0.05) is 13.0 Å². The molecule has 3 aliphatic rings. The van der Waals surface area contributed by atoms with Gasteiger partial charge in [-0.05, 0) is 37.5 Å². The molecule has 2 heteroatoms. The Hall–Kier alpha value is -0.370. The maximum absolute atomic E-state index is 11.7. The number of carbonyl (C=O) groups is 1. The summed E-state index contributed by atoms with van der Waals surface area (Å²) in [6.07, 6.45) is 5.33. The molecule has 2 nitrogen and oxygen atoms in total. The van der Waals surface area contributed by atoms with E-state index in [0.29, 0.717) is 11.7 Å². The van der Waals surface area contributed by atoms with Crippen molar-refractivity contribution >= 4 is 5.78 Å². The van der Waals surface area contributed by atoms with Crippen LogP contribution in [0.2, 0.25) is 0 Å². The summed E-state index contributed by atoms with van der Waals surface area (Å²) in [5, 5.41) is 0. The van der Waals surface area contributed by atoms with Crippen LogP contribution >= 0.6 is 0 Å². The molecular formula is C10H14O2. The van der Waals surface area contributed by atoms with Crippen molar-refractivity contribution in [2.24, 2.45) is 11.8 Å². The van der Waals surface area contributed by atoms with Crippen LogP contribution in [0.15, 0.2) is 0 Å². The summed E-state index contributed by atoms with van der Waals surface area (Å²) in [4.78, 5) is 11.7. The summed E-state index contributed by atoms with van der Waals surface area (Å²) < 4.78 is 5.70. The van der Waals surface area contributed by atoms with Gasteiger partial charge in [-0.2, -0.15) is 0 Å². The molecule has 1 heterocycles. The molecule has 0 aromatic carbocycles. The van der Waals surface area contributed by atoms with E-state index < -0.39 is 0 Å². The summed E-state index contributed by atoms with van der Waals surface area (Å²) in [6, 6.07) is 0. The van der Waals surface area contributed by atoms with Gasteiger partial charge in [-0.15, -0.1) is 0 Å². The number of rotatable bonds is 0. The molecule has 66 valence electrons. The van der Waals surface area contributed by atoms with E-state index in [1.165, 1.54) is 12.8 Å². The summed E-state index contributed by atoms with van der Waals surface area (Å²) in [6.45, 7) is 0.826. The van der Waals surface area contributed by atoms with E-state index in [1.54, 1.807) is 0 Å². The highest BCUT2D eigenvalue weighted by Gasteiger charge is 2.62. The van der Waals surface area contributed by atoms with Crippen LogP contribution in [0.1, 0.15) is 32.1 Å². The monoisotopic (exact) mass is 166 g/mol. The Morgan fingerprint density at radius 2 is 2.33 bits per heavy atom.